The van der Waals surface area contributed by atoms with Crippen molar-refractivity contribution >= 4 is 35.5 Å². The summed E-state index contributed by atoms with van der Waals surface area (Å²) in [5.41, 5.74) is 8.33. The molecule has 0 unspecified atom stereocenters. The molecule has 0 aliphatic rings. The Hall–Kier alpha value is -2.50. The van der Waals surface area contributed by atoms with Crippen molar-refractivity contribution < 1.29 is 4.79 Å². The fourth-order valence-electron chi connectivity index (χ4n) is 3.31. The van der Waals surface area contributed by atoms with Gasteiger partial charge in [0.15, 0.2) is 0 Å². The van der Waals surface area contributed by atoms with Crippen LogP contribution in [0.4, 0.5) is 0 Å². The van der Waals surface area contributed by atoms with Crippen LogP contribution in [0.25, 0.3) is 5.69 Å². The van der Waals surface area contributed by atoms with Crippen molar-refractivity contribution in [3.63, 3.8) is 0 Å². The second-order valence-corrected chi connectivity index (χ2v) is 9.98. The van der Waals surface area contributed by atoms with E-state index >= 15 is 0 Å². The molecule has 3 rings (SSSR count). The minimum absolute atomic E-state index is 0.126. The topological polar surface area (TPSA) is 46.4 Å². The van der Waals surface area contributed by atoms with Crippen molar-refractivity contribution in [1.82, 2.24) is 9.99 Å². The molecular weight excluding hydrogens is 426 g/mol. The van der Waals surface area contributed by atoms with Gasteiger partial charge in [0.05, 0.1) is 12.0 Å². The van der Waals surface area contributed by atoms with Gasteiger partial charge in [0, 0.05) is 32.6 Å². The Bertz CT molecular complexity index is 1080. The highest BCUT2D eigenvalue weighted by Crippen LogP contribution is 2.25. The first kappa shape index (κ1) is 23.2. The number of aromatic nitrogens is 1. The van der Waals surface area contributed by atoms with E-state index in [1.54, 1.807) is 6.21 Å². The minimum atomic E-state index is -0.150. The molecule has 6 heteroatoms. The van der Waals surface area contributed by atoms with Crippen molar-refractivity contribution in [3.05, 3.63) is 82.1 Å². The summed E-state index contributed by atoms with van der Waals surface area (Å²) in [6.45, 7) is 10.8. The van der Waals surface area contributed by atoms with Crippen molar-refractivity contribution in [2.24, 2.45) is 5.10 Å². The largest absolute Gasteiger partial charge is 0.318 e. The van der Waals surface area contributed by atoms with Gasteiger partial charge < -0.3 is 4.57 Å². The zero-order chi connectivity index (χ0) is 22.6. The first-order chi connectivity index (χ1) is 14.6. The number of hydrogen-bond donors (Lipinski definition) is 1. The van der Waals surface area contributed by atoms with Gasteiger partial charge in [-0.2, -0.15) is 5.10 Å². The molecule has 0 aliphatic carbocycles. The van der Waals surface area contributed by atoms with E-state index in [4.69, 9.17) is 11.6 Å². The Labute approximate surface area is 193 Å². The number of nitrogens with one attached hydrogen (secondary N) is 1. The number of aryl methyl sites for hydroxylation is 1. The third-order valence-electron chi connectivity index (χ3n) is 5.04. The summed E-state index contributed by atoms with van der Waals surface area (Å²) in [6, 6.07) is 18.2. The highest BCUT2D eigenvalue weighted by molar-refractivity contribution is 8.00. The fraction of sp³-hybridized carbons (Fsp3) is 0.280. The summed E-state index contributed by atoms with van der Waals surface area (Å²) < 4.78 is 2.20. The predicted octanol–water partition coefficient (Wildman–Crippen LogP) is 6.29. The Balaban J connectivity index is 1.64. The monoisotopic (exact) mass is 453 g/mol. The number of nitrogens with zero attached hydrogens (tertiary/aromatic N) is 2. The van der Waals surface area contributed by atoms with Gasteiger partial charge in [-0.05, 0) is 67.3 Å². The number of amides is 1. The first-order valence-corrected chi connectivity index (χ1v) is 11.5. The zero-order valence-corrected chi connectivity index (χ0v) is 20.1. The van der Waals surface area contributed by atoms with Crippen LogP contribution in [0, 0.1) is 13.8 Å². The van der Waals surface area contributed by atoms with Crippen LogP contribution in [-0.4, -0.2) is 22.4 Å². The number of hydrogen-bond acceptors (Lipinski definition) is 3. The summed E-state index contributed by atoms with van der Waals surface area (Å²) in [6.07, 6.45) is 1.70. The molecule has 1 amide bonds. The summed E-state index contributed by atoms with van der Waals surface area (Å²) in [4.78, 5) is 13.1. The lowest BCUT2D eigenvalue weighted by atomic mass is 9.87. The van der Waals surface area contributed by atoms with Crippen LogP contribution in [0.3, 0.4) is 0 Å². The van der Waals surface area contributed by atoms with Crippen LogP contribution in [0.2, 0.25) is 5.02 Å². The molecule has 2 aromatic carbocycles. The smallest absolute Gasteiger partial charge is 0.250 e. The number of carbonyl (C=O) groups is 1. The van der Waals surface area contributed by atoms with E-state index < -0.39 is 0 Å². The normalized spacial score (nSPS) is 11.8. The molecule has 0 aliphatic heterocycles. The van der Waals surface area contributed by atoms with Gasteiger partial charge in [-0.25, -0.2) is 5.43 Å². The molecule has 0 atom stereocenters. The summed E-state index contributed by atoms with van der Waals surface area (Å²) in [5, 5.41) is 4.83. The molecule has 0 spiro atoms. The SMILES string of the molecule is Cc1cc(/C=N\NC(=O)CSc2ccc(Cl)cc2)c(C)n1-c1ccc(C(C)(C)C)cc1. The quantitative estimate of drug-likeness (QED) is 0.271. The zero-order valence-electron chi connectivity index (χ0n) is 18.6. The van der Waals surface area contributed by atoms with Gasteiger partial charge in [0.25, 0.3) is 0 Å². The first-order valence-electron chi connectivity index (χ1n) is 10.2. The van der Waals surface area contributed by atoms with Crippen molar-refractivity contribution in [2.45, 2.75) is 44.9 Å². The molecule has 3 aromatic rings. The third kappa shape index (κ3) is 6.02. The molecule has 0 saturated carbocycles. The van der Waals surface area contributed by atoms with Gasteiger partial charge in [-0.15, -0.1) is 11.8 Å². The standard InChI is InChI=1S/C25H28ClN3OS/c1-17-14-19(15-27-28-24(30)16-31-23-12-8-21(26)9-13-23)18(2)29(17)22-10-6-20(7-11-22)25(3,4)5/h6-15H,16H2,1-5H3,(H,28,30)/b27-15-. The molecule has 0 bridgehead atoms. The highest BCUT2D eigenvalue weighted by Gasteiger charge is 2.14. The maximum absolute atomic E-state index is 12.1. The van der Waals surface area contributed by atoms with E-state index in [1.807, 2.05) is 24.3 Å². The van der Waals surface area contributed by atoms with E-state index in [0.717, 1.165) is 27.5 Å². The molecule has 0 radical (unpaired) electrons. The number of benzene rings is 2. The predicted molar refractivity (Wildman–Crippen MR) is 132 cm³/mol. The van der Waals surface area contributed by atoms with Crippen molar-refractivity contribution in [2.75, 3.05) is 5.75 Å². The lowest BCUT2D eigenvalue weighted by molar-refractivity contribution is -0.118. The number of hydrazone groups is 1. The fourth-order valence-corrected chi connectivity index (χ4v) is 4.13. The van der Waals surface area contributed by atoms with Gasteiger partial charge in [0.1, 0.15) is 0 Å². The van der Waals surface area contributed by atoms with E-state index in [-0.39, 0.29) is 17.1 Å². The van der Waals surface area contributed by atoms with Gasteiger partial charge >= 0.3 is 0 Å². The van der Waals surface area contributed by atoms with Crippen LogP contribution < -0.4 is 5.43 Å². The van der Waals surface area contributed by atoms with Gasteiger partial charge in [0.2, 0.25) is 5.91 Å². The number of rotatable bonds is 6. The van der Waals surface area contributed by atoms with E-state index in [0.29, 0.717) is 5.02 Å². The Morgan fingerprint density at radius 2 is 1.74 bits per heavy atom. The molecule has 162 valence electrons. The van der Waals surface area contributed by atoms with Crippen LogP contribution in [0.5, 0.6) is 0 Å². The third-order valence-corrected chi connectivity index (χ3v) is 6.30. The average molecular weight is 454 g/mol. The van der Waals surface area contributed by atoms with Crippen LogP contribution in [0.1, 0.15) is 43.3 Å². The lowest BCUT2D eigenvalue weighted by Crippen LogP contribution is -2.19. The molecule has 4 nitrogen and oxygen atoms in total. The summed E-state index contributed by atoms with van der Waals surface area (Å²) in [5.74, 6) is 0.140. The van der Waals surface area contributed by atoms with Gasteiger partial charge in [-0.1, -0.05) is 44.5 Å². The average Bonchev–Trinajstić information content (AvgIpc) is 3.00. The molecule has 31 heavy (non-hydrogen) atoms. The highest BCUT2D eigenvalue weighted by atomic mass is 35.5. The van der Waals surface area contributed by atoms with Crippen LogP contribution in [-0.2, 0) is 10.2 Å². The number of halogens is 1. The van der Waals surface area contributed by atoms with E-state index in [9.17, 15) is 4.79 Å². The van der Waals surface area contributed by atoms with E-state index in [2.05, 4.69) is 80.0 Å². The molecule has 0 fully saturated rings. The van der Waals surface area contributed by atoms with Crippen molar-refractivity contribution in [3.8, 4) is 5.69 Å². The number of carbonyl (C=O) groups excluding carboxylic acids is 1. The van der Waals surface area contributed by atoms with Crippen LogP contribution >= 0.6 is 23.4 Å². The molecule has 1 heterocycles. The number of thioether (sulfide) groups is 1. The molecule has 1 N–H and O–H groups in total. The second kappa shape index (κ2) is 9.75. The molecule has 0 saturated heterocycles. The lowest BCUT2D eigenvalue weighted by Gasteiger charge is -2.20. The second-order valence-electron chi connectivity index (χ2n) is 8.49. The molecular formula is C25H28ClN3OS. The Morgan fingerprint density at radius 1 is 1.10 bits per heavy atom. The van der Waals surface area contributed by atoms with E-state index in [1.165, 1.54) is 17.3 Å². The van der Waals surface area contributed by atoms with Gasteiger partial charge in [-0.3, -0.25) is 4.79 Å². The summed E-state index contributed by atoms with van der Waals surface area (Å²) >= 11 is 7.33. The Kier molecular flexibility index (Phi) is 7.29. The van der Waals surface area contributed by atoms with Crippen LogP contribution in [0.15, 0.2) is 64.6 Å². The summed E-state index contributed by atoms with van der Waals surface area (Å²) in [7, 11) is 0. The van der Waals surface area contributed by atoms with Crippen molar-refractivity contribution in [1.29, 1.82) is 0 Å². The minimum Gasteiger partial charge on any atom is -0.318 e. The maximum atomic E-state index is 12.1. The Morgan fingerprint density at radius 3 is 2.35 bits per heavy atom. The maximum Gasteiger partial charge on any atom is 0.250 e. The molecule has 1 aromatic heterocycles.